The Morgan fingerprint density at radius 1 is 1.28 bits per heavy atom. The van der Waals surface area contributed by atoms with E-state index in [0.29, 0.717) is 28.7 Å². The summed E-state index contributed by atoms with van der Waals surface area (Å²) < 4.78 is 10.9. The lowest BCUT2D eigenvalue weighted by molar-refractivity contribution is 0.0728. The summed E-state index contributed by atoms with van der Waals surface area (Å²) in [7, 11) is 0. The van der Waals surface area contributed by atoms with Gasteiger partial charge in [0.15, 0.2) is 16.6 Å². The van der Waals surface area contributed by atoms with Crippen LogP contribution in [0, 0.1) is 0 Å². The molecular formula is C17H16ClN3O3S. The van der Waals surface area contributed by atoms with Crippen molar-refractivity contribution >= 4 is 41.1 Å². The molecule has 6 nitrogen and oxygen atoms in total. The molecule has 0 amide bonds. The van der Waals surface area contributed by atoms with E-state index >= 15 is 0 Å². The molecule has 0 unspecified atom stereocenters. The number of carbonyl (C=O) groups excluding carboxylic acids is 1. The van der Waals surface area contributed by atoms with Crippen LogP contribution in [0.15, 0.2) is 47.6 Å². The molecule has 0 spiro atoms. The molecule has 0 aliphatic rings. The number of rotatable bonds is 6. The van der Waals surface area contributed by atoms with Crippen molar-refractivity contribution in [2.45, 2.75) is 6.92 Å². The molecule has 25 heavy (non-hydrogen) atoms. The van der Waals surface area contributed by atoms with Gasteiger partial charge in [0.2, 0.25) is 0 Å². The summed E-state index contributed by atoms with van der Waals surface area (Å²) in [5, 5.41) is 4.48. The third-order valence-corrected chi connectivity index (χ3v) is 3.28. The number of hydrazone groups is 1. The second kappa shape index (κ2) is 9.00. The summed E-state index contributed by atoms with van der Waals surface area (Å²) in [4.78, 5) is 12.2. The summed E-state index contributed by atoms with van der Waals surface area (Å²) in [5.74, 6) is 0.222. The average Bonchev–Trinajstić information content (AvgIpc) is 2.57. The molecule has 0 radical (unpaired) electrons. The van der Waals surface area contributed by atoms with E-state index in [-0.39, 0.29) is 5.11 Å². The molecule has 2 rings (SSSR count). The number of hydrogen-bond donors (Lipinski definition) is 2. The monoisotopic (exact) mass is 377 g/mol. The van der Waals surface area contributed by atoms with Gasteiger partial charge >= 0.3 is 5.97 Å². The van der Waals surface area contributed by atoms with E-state index < -0.39 is 5.97 Å². The van der Waals surface area contributed by atoms with Crippen molar-refractivity contribution in [2.24, 2.45) is 10.8 Å². The summed E-state index contributed by atoms with van der Waals surface area (Å²) in [6.45, 7) is 2.25. The molecule has 2 aromatic rings. The van der Waals surface area contributed by atoms with Crippen LogP contribution in [0.1, 0.15) is 22.8 Å². The second-order valence-corrected chi connectivity index (χ2v) is 5.65. The number of carbonyl (C=O) groups is 1. The van der Waals surface area contributed by atoms with E-state index in [0.717, 1.165) is 5.56 Å². The van der Waals surface area contributed by atoms with Crippen molar-refractivity contribution in [1.82, 2.24) is 5.43 Å². The van der Waals surface area contributed by atoms with Gasteiger partial charge in [-0.05, 0) is 67.2 Å². The molecule has 2 aromatic carbocycles. The molecule has 0 aliphatic heterocycles. The molecule has 0 aromatic heterocycles. The fraction of sp³-hybridized carbons (Fsp3) is 0.118. The van der Waals surface area contributed by atoms with Crippen LogP contribution >= 0.6 is 23.8 Å². The first-order chi connectivity index (χ1) is 12.0. The number of nitrogens with zero attached hydrogens (tertiary/aromatic N) is 1. The normalized spacial score (nSPS) is 10.5. The SMILES string of the molecule is CCOc1cc(C=NNC(N)=S)ccc1OC(=O)c1ccc(Cl)cc1. The summed E-state index contributed by atoms with van der Waals surface area (Å²) in [6.07, 6.45) is 1.52. The highest BCUT2D eigenvalue weighted by molar-refractivity contribution is 7.80. The molecule has 0 fully saturated rings. The highest BCUT2D eigenvalue weighted by Gasteiger charge is 2.13. The van der Waals surface area contributed by atoms with E-state index in [1.165, 1.54) is 6.21 Å². The zero-order valence-electron chi connectivity index (χ0n) is 13.4. The van der Waals surface area contributed by atoms with Crippen LogP contribution in [0.25, 0.3) is 0 Å². The Hall–Kier alpha value is -2.64. The Morgan fingerprint density at radius 2 is 2.00 bits per heavy atom. The minimum absolute atomic E-state index is 0.0646. The standard InChI is InChI=1S/C17H16ClN3O3S/c1-2-23-15-9-11(10-20-21-17(19)25)3-8-14(15)24-16(22)12-4-6-13(18)7-5-12/h3-10H,2H2,1H3,(H3,19,21,25). The van der Waals surface area contributed by atoms with E-state index in [1.54, 1.807) is 42.5 Å². The number of halogens is 1. The van der Waals surface area contributed by atoms with Gasteiger partial charge in [-0.2, -0.15) is 5.10 Å². The molecule has 0 heterocycles. The molecule has 0 saturated carbocycles. The van der Waals surface area contributed by atoms with Gasteiger partial charge in [0, 0.05) is 5.02 Å². The fourth-order valence-electron chi connectivity index (χ4n) is 1.87. The smallest absolute Gasteiger partial charge is 0.343 e. The van der Waals surface area contributed by atoms with E-state index in [9.17, 15) is 4.79 Å². The number of ether oxygens (including phenoxy) is 2. The van der Waals surface area contributed by atoms with Crippen LogP contribution in [-0.2, 0) is 0 Å². The lowest BCUT2D eigenvalue weighted by Crippen LogP contribution is -2.23. The zero-order chi connectivity index (χ0) is 18.2. The highest BCUT2D eigenvalue weighted by Crippen LogP contribution is 2.29. The lowest BCUT2D eigenvalue weighted by Gasteiger charge is -2.11. The maximum atomic E-state index is 12.2. The Bertz CT molecular complexity index is 794. The molecule has 3 N–H and O–H groups in total. The second-order valence-electron chi connectivity index (χ2n) is 4.77. The maximum Gasteiger partial charge on any atom is 0.343 e. The number of hydrogen-bond acceptors (Lipinski definition) is 5. The van der Waals surface area contributed by atoms with E-state index in [4.69, 9.17) is 26.8 Å². The van der Waals surface area contributed by atoms with Crippen LogP contribution < -0.4 is 20.6 Å². The first-order valence-electron chi connectivity index (χ1n) is 7.32. The van der Waals surface area contributed by atoms with Crippen LogP contribution in [-0.4, -0.2) is 23.9 Å². The third kappa shape index (κ3) is 5.74. The number of esters is 1. The van der Waals surface area contributed by atoms with Crippen molar-refractivity contribution in [2.75, 3.05) is 6.61 Å². The molecule has 0 atom stereocenters. The molecule has 0 aliphatic carbocycles. The first-order valence-corrected chi connectivity index (χ1v) is 8.11. The highest BCUT2D eigenvalue weighted by atomic mass is 35.5. The van der Waals surface area contributed by atoms with Crippen molar-refractivity contribution in [3.63, 3.8) is 0 Å². The van der Waals surface area contributed by atoms with Gasteiger partial charge in [-0.3, -0.25) is 5.43 Å². The molecule has 0 bridgehead atoms. The average molecular weight is 378 g/mol. The number of thiocarbonyl (C=S) groups is 1. The van der Waals surface area contributed by atoms with Crippen molar-refractivity contribution in [3.8, 4) is 11.5 Å². The van der Waals surface area contributed by atoms with Crippen LogP contribution in [0.4, 0.5) is 0 Å². The quantitative estimate of drug-likeness (QED) is 0.264. The van der Waals surface area contributed by atoms with E-state index in [1.807, 2.05) is 6.92 Å². The Kier molecular flexibility index (Phi) is 6.73. The maximum absolute atomic E-state index is 12.2. The Labute approximate surface area is 155 Å². The predicted octanol–water partition coefficient (Wildman–Crippen LogP) is 3.13. The Balaban J connectivity index is 2.18. The van der Waals surface area contributed by atoms with Crippen LogP contribution in [0.2, 0.25) is 5.02 Å². The molecular weight excluding hydrogens is 362 g/mol. The van der Waals surface area contributed by atoms with Crippen molar-refractivity contribution in [1.29, 1.82) is 0 Å². The number of nitrogens with one attached hydrogen (secondary N) is 1. The topological polar surface area (TPSA) is 85.9 Å². The van der Waals surface area contributed by atoms with Crippen molar-refractivity contribution in [3.05, 3.63) is 58.6 Å². The van der Waals surface area contributed by atoms with Gasteiger partial charge in [0.05, 0.1) is 18.4 Å². The van der Waals surface area contributed by atoms with Gasteiger partial charge in [-0.25, -0.2) is 4.79 Å². The summed E-state index contributed by atoms with van der Waals surface area (Å²) in [6, 6.07) is 11.5. The minimum atomic E-state index is -0.505. The summed E-state index contributed by atoms with van der Waals surface area (Å²) >= 11 is 10.5. The molecule has 8 heteroatoms. The largest absolute Gasteiger partial charge is 0.490 e. The van der Waals surface area contributed by atoms with Gasteiger partial charge in [0.25, 0.3) is 0 Å². The van der Waals surface area contributed by atoms with Gasteiger partial charge in [0.1, 0.15) is 0 Å². The van der Waals surface area contributed by atoms with Crippen LogP contribution in [0.5, 0.6) is 11.5 Å². The minimum Gasteiger partial charge on any atom is -0.490 e. The van der Waals surface area contributed by atoms with Crippen LogP contribution in [0.3, 0.4) is 0 Å². The number of benzene rings is 2. The van der Waals surface area contributed by atoms with E-state index in [2.05, 4.69) is 22.7 Å². The fourth-order valence-corrected chi connectivity index (χ4v) is 2.05. The van der Waals surface area contributed by atoms with Gasteiger partial charge in [-0.1, -0.05) is 11.6 Å². The number of nitrogens with two attached hydrogens (primary N) is 1. The zero-order valence-corrected chi connectivity index (χ0v) is 14.9. The predicted molar refractivity (Wildman–Crippen MR) is 102 cm³/mol. The van der Waals surface area contributed by atoms with Gasteiger partial charge < -0.3 is 15.2 Å². The van der Waals surface area contributed by atoms with Gasteiger partial charge in [-0.15, -0.1) is 0 Å². The summed E-state index contributed by atoms with van der Waals surface area (Å²) in [5.41, 5.74) is 8.86. The lowest BCUT2D eigenvalue weighted by atomic mass is 10.2. The molecule has 130 valence electrons. The third-order valence-electron chi connectivity index (χ3n) is 2.94. The van der Waals surface area contributed by atoms with Crippen molar-refractivity contribution < 1.29 is 14.3 Å². The molecule has 0 saturated heterocycles. The first kappa shape index (κ1) is 18.7. The Morgan fingerprint density at radius 3 is 2.64 bits per heavy atom.